The van der Waals surface area contributed by atoms with Crippen molar-refractivity contribution in [3.63, 3.8) is 0 Å². The van der Waals surface area contributed by atoms with Crippen LogP contribution in [0.25, 0.3) is 0 Å². The first-order chi connectivity index (χ1) is 11.1. The van der Waals surface area contributed by atoms with Crippen LogP contribution in [0.4, 0.5) is 4.79 Å². The molecule has 0 bridgehead atoms. The molecule has 0 spiro atoms. The molecule has 0 radical (unpaired) electrons. The summed E-state index contributed by atoms with van der Waals surface area (Å²) in [6, 6.07) is 7.24. The molecule has 1 aromatic rings. The lowest BCUT2D eigenvalue weighted by atomic mass is 9.74. The van der Waals surface area contributed by atoms with Gasteiger partial charge in [-0.25, -0.2) is 4.79 Å². The van der Waals surface area contributed by atoms with Gasteiger partial charge in [0, 0.05) is 18.1 Å². The number of carbonyl (C=O) groups is 2. The summed E-state index contributed by atoms with van der Waals surface area (Å²) in [5.41, 5.74) is -0.471. The normalized spacial score (nSPS) is 17.4. The van der Waals surface area contributed by atoms with E-state index in [2.05, 4.69) is 0 Å². The zero-order chi connectivity index (χ0) is 18.0. The highest BCUT2D eigenvalue weighted by Crippen LogP contribution is 2.36. The van der Waals surface area contributed by atoms with Crippen LogP contribution < -0.4 is 0 Å². The Morgan fingerprint density at radius 3 is 2.21 bits per heavy atom. The largest absolute Gasteiger partial charge is 0.481 e. The first kappa shape index (κ1) is 18.6. The summed E-state index contributed by atoms with van der Waals surface area (Å²) in [5.74, 6) is -0.818. The number of hydrogen-bond acceptors (Lipinski definition) is 3. The van der Waals surface area contributed by atoms with Gasteiger partial charge in [-0.15, -0.1) is 0 Å². The Labute approximate surface area is 147 Å². The predicted molar refractivity (Wildman–Crippen MR) is 92.3 cm³/mol. The molecule has 1 fully saturated rings. The molecule has 0 atom stereocenters. The number of halogens is 1. The number of ether oxygens (including phenoxy) is 1. The zero-order valence-corrected chi connectivity index (χ0v) is 15.1. The Balaban J connectivity index is 2.05. The van der Waals surface area contributed by atoms with E-state index < -0.39 is 17.0 Å². The van der Waals surface area contributed by atoms with Gasteiger partial charge in [-0.1, -0.05) is 23.7 Å². The number of amides is 1. The van der Waals surface area contributed by atoms with Gasteiger partial charge in [-0.05, 0) is 57.7 Å². The van der Waals surface area contributed by atoms with Gasteiger partial charge in [0.15, 0.2) is 0 Å². The molecule has 1 saturated heterocycles. The van der Waals surface area contributed by atoms with Crippen LogP contribution in [-0.4, -0.2) is 40.8 Å². The van der Waals surface area contributed by atoms with Gasteiger partial charge in [0.1, 0.15) is 5.60 Å². The third-order valence-electron chi connectivity index (χ3n) is 4.28. The lowest BCUT2D eigenvalue weighted by Gasteiger charge is -2.39. The van der Waals surface area contributed by atoms with Gasteiger partial charge in [0.2, 0.25) is 0 Å². The van der Waals surface area contributed by atoms with Crippen molar-refractivity contribution in [3.05, 3.63) is 34.9 Å². The van der Waals surface area contributed by atoms with Crippen LogP contribution in [0.2, 0.25) is 5.02 Å². The molecule has 1 aliphatic heterocycles. The fourth-order valence-corrected chi connectivity index (χ4v) is 3.03. The smallest absolute Gasteiger partial charge is 0.410 e. The number of rotatable bonds is 3. The van der Waals surface area contributed by atoms with E-state index in [1.807, 2.05) is 32.9 Å². The highest BCUT2D eigenvalue weighted by Gasteiger charge is 2.43. The SMILES string of the molecule is CC(C)(C)OC(=O)N1CCC(Cc2ccc(Cl)cc2)(C(=O)O)CC1. The lowest BCUT2D eigenvalue weighted by Crippen LogP contribution is -2.48. The standard InChI is InChI=1S/C18H24ClNO4/c1-17(2,3)24-16(23)20-10-8-18(9-11-20,15(21)22)12-13-4-6-14(19)7-5-13/h4-7H,8-12H2,1-3H3,(H,21,22). The maximum Gasteiger partial charge on any atom is 0.410 e. The number of aliphatic carboxylic acids is 1. The summed E-state index contributed by atoms with van der Waals surface area (Å²) in [7, 11) is 0. The van der Waals surface area contributed by atoms with Crippen molar-refractivity contribution in [2.75, 3.05) is 13.1 Å². The first-order valence-corrected chi connectivity index (χ1v) is 8.45. The minimum atomic E-state index is -0.855. The van der Waals surface area contributed by atoms with Crippen LogP contribution in [-0.2, 0) is 16.0 Å². The van der Waals surface area contributed by atoms with E-state index in [0.29, 0.717) is 37.4 Å². The monoisotopic (exact) mass is 353 g/mol. The fourth-order valence-electron chi connectivity index (χ4n) is 2.90. The van der Waals surface area contributed by atoms with Gasteiger partial charge in [-0.2, -0.15) is 0 Å². The second kappa shape index (κ2) is 7.01. The highest BCUT2D eigenvalue weighted by molar-refractivity contribution is 6.30. The van der Waals surface area contributed by atoms with Crippen molar-refractivity contribution >= 4 is 23.7 Å². The molecule has 2 rings (SSSR count). The van der Waals surface area contributed by atoms with Crippen LogP contribution in [0.15, 0.2) is 24.3 Å². The Kier molecular flexibility index (Phi) is 5.43. The highest BCUT2D eigenvalue weighted by atomic mass is 35.5. The van der Waals surface area contributed by atoms with E-state index in [1.165, 1.54) is 0 Å². The fraction of sp³-hybridized carbons (Fsp3) is 0.556. The van der Waals surface area contributed by atoms with Gasteiger partial charge in [0.25, 0.3) is 0 Å². The minimum absolute atomic E-state index is 0.381. The third kappa shape index (κ3) is 4.63. The van der Waals surface area contributed by atoms with Gasteiger partial charge >= 0.3 is 12.1 Å². The predicted octanol–water partition coefficient (Wildman–Crippen LogP) is 3.98. The van der Waals surface area contributed by atoms with Crippen molar-refractivity contribution in [1.82, 2.24) is 4.90 Å². The Hall–Kier alpha value is -1.75. The lowest BCUT2D eigenvalue weighted by molar-refractivity contribution is -0.152. The van der Waals surface area contributed by atoms with E-state index >= 15 is 0 Å². The molecule has 132 valence electrons. The third-order valence-corrected chi connectivity index (χ3v) is 4.53. The topological polar surface area (TPSA) is 66.8 Å². The molecule has 5 nitrogen and oxygen atoms in total. The van der Waals surface area contributed by atoms with Crippen molar-refractivity contribution in [2.24, 2.45) is 5.41 Å². The van der Waals surface area contributed by atoms with E-state index in [0.717, 1.165) is 5.56 Å². The maximum atomic E-state index is 12.1. The molecule has 1 N–H and O–H groups in total. The number of hydrogen-bond donors (Lipinski definition) is 1. The summed E-state index contributed by atoms with van der Waals surface area (Å²) in [5, 5.41) is 10.4. The second-order valence-corrected chi connectivity index (χ2v) is 7.79. The van der Waals surface area contributed by atoms with E-state index in [-0.39, 0.29) is 6.09 Å². The van der Waals surface area contributed by atoms with Crippen LogP contribution in [0.3, 0.4) is 0 Å². The first-order valence-electron chi connectivity index (χ1n) is 8.07. The minimum Gasteiger partial charge on any atom is -0.481 e. The second-order valence-electron chi connectivity index (χ2n) is 7.36. The molecular formula is C18H24ClNO4. The van der Waals surface area contributed by atoms with E-state index in [9.17, 15) is 14.7 Å². The van der Waals surface area contributed by atoms with Crippen molar-refractivity contribution < 1.29 is 19.4 Å². The number of nitrogens with zero attached hydrogens (tertiary/aromatic N) is 1. The molecule has 6 heteroatoms. The van der Waals surface area contributed by atoms with Crippen LogP contribution in [0.1, 0.15) is 39.2 Å². The molecule has 1 amide bonds. The summed E-state index contributed by atoms with van der Waals surface area (Å²) in [6.07, 6.45) is 0.865. The molecule has 0 saturated carbocycles. The van der Waals surface area contributed by atoms with Crippen molar-refractivity contribution in [3.8, 4) is 0 Å². The molecule has 1 heterocycles. The Morgan fingerprint density at radius 1 is 1.21 bits per heavy atom. The van der Waals surface area contributed by atoms with Crippen molar-refractivity contribution in [2.45, 2.75) is 45.6 Å². The van der Waals surface area contributed by atoms with Crippen LogP contribution in [0.5, 0.6) is 0 Å². The number of piperidine rings is 1. The van der Waals surface area contributed by atoms with Crippen LogP contribution in [0, 0.1) is 5.41 Å². The summed E-state index contributed by atoms with van der Waals surface area (Å²) >= 11 is 5.88. The molecular weight excluding hydrogens is 330 g/mol. The molecule has 1 aromatic carbocycles. The van der Waals surface area contributed by atoms with E-state index in [1.54, 1.807) is 17.0 Å². The number of carbonyl (C=O) groups excluding carboxylic acids is 1. The number of carboxylic acid groups (broad SMARTS) is 1. The summed E-state index contributed by atoms with van der Waals surface area (Å²) in [6.45, 7) is 6.22. The number of benzene rings is 1. The van der Waals surface area contributed by atoms with Gasteiger partial charge in [0.05, 0.1) is 5.41 Å². The van der Waals surface area contributed by atoms with Gasteiger partial charge in [-0.3, -0.25) is 4.79 Å². The van der Waals surface area contributed by atoms with Crippen LogP contribution >= 0.6 is 11.6 Å². The quantitative estimate of drug-likeness (QED) is 0.892. The molecule has 1 aliphatic rings. The Morgan fingerprint density at radius 2 is 1.75 bits per heavy atom. The summed E-state index contributed by atoms with van der Waals surface area (Å²) < 4.78 is 5.36. The van der Waals surface area contributed by atoms with E-state index in [4.69, 9.17) is 16.3 Å². The number of carboxylic acids is 1. The summed E-state index contributed by atoms with van der Waals surface area (Å²) in [4.78, 5) is 25.6. The molecule has 0 unspecified atom stereocenters. The van der Waals surface area contributed by atoms with Gasteiger partial charge < -0.3 is 14.7 Å². The Bertz CT molecular complexity index is 598. The maximum absolute atomic E-state index is 12.1. The zero-order valence-electron chi connectivity index (χ0n) is 14.3. The molecule has 0 aromatic heterocycles. The number of likely N-dealkylation sites (tertiary alicyclic amines) is 1. The molecule has 24 heavy (non-hydrogen) atoms. The molecule has 0 aliphatic carbocycles. The average molecular weight is 354 g/mol. The van der Waals surface area contributed by atoms with Crippen molar-refractivity contribution in [1.29, 1.82) is 0 Å². The average Bonchev–Trinajstić information content (AvgIpc) is 2.48.